The van der Waals surface area contributed by atoms with E-state index >= 15 is 0 Å². The average molecular weight is 328 g/mol. The number of hydrogen-bond acceptors (Lipinski definition) is 2. The van der Waals surface area contributed by atoms with E-state index < -0.39 is 5.60 Å². The second-order valence-corrected chi connectivity index (χ2v) is 10.2. The molecule has 0 saturated heterocycles. The number of hydrogen-bond donors (Lipinski definition) is 1. The molecule has 4 saturated carbocycles. The predicted octanol–water partition coefficient (Wildman–Crippen LogP) is 4.35. The van der Waals surface area contributed by atoms with E-state index in [-0.39, 0.29) is 16.2 Å². The highest BCUT2D eigenvalue weighted by atomic mass is 16.3. The van der Waals surface area contributed by atoms with Crippen LogP contribution in [0.25, 0.3) is 0 Å². The largest absolute Gasteiger partial charge is 0.378 e. The molecule has 0 heterocycles. The molecule has 2 heteroatoms. The molecule has 4 fully saturated rings. The van der Waals surface area contributed by atoms with Gasteiger partial charge in [-0.05, 0) is 80.0 Å². The lowest BCUT2D eigenvalue weighted by Gasteiger charge is -2.65. The van der Waals surface area contributed by atoms with Crippen LogP contribution in [0.2, 0.25) is 0 Å². The third-order valence-electron chi connectivity index (χ3n) is 9.38. The van der Waals surface area contributed by atoms with Gasteiger partial charge in [0.1, 0.15) is 11.4 Å². The van der Waals surface area contributed by atoms with Crippen LogP contribution < -0.4 is 0 Å². The van der Waals surface area contributed by atoms with Gasteiger partial charge in [-0.15, -0.1) is 6.42 Å². The van der Waals surface area contributed by atoms with E-state index in [9.17, 15) is 9.90 Å². The molecule has 4 aliphatic rings. The maximum atomic E-state index is 12.5. The molecule has 0 bridgehead atoms. The second kappa shape index (κ2) is 4.88. The summed E-state index contributed by atoms with van der Waals surface area (Å²) in [7, 11) is 0. The Morgan fingerprint density at radius 1 is 1.04 bits per heavy atom. The normalized spacial score (nSPS) is 56.8. The van der Waals surface area contributed by atoms with Crippen molar-refractivity contribution in [3.63, 3.8) is 0 Å². The van der Waals surface area contributed by atoms with Crippen LogP contribution in [0.3, 0.4) is 0 Å². The highest BCUT2D eigenvalue weighted by molar-refractivity contribution is 5.87. The molecule has 0 aromatic rings. The standard InChI is InChI=1S/C22H32O2/c1-5-22(24)13-12-21(4)17-9-11-20(3)16(6-7-18(20)23)15(17)8-10-19(21,2)14-22/h1,15-17,24H,6-14H2,2-4H3. The van der Waals surface area contributed by atoms with Crippen LogP contribution in [0.5, 0.6) is 0 Å². The van der Waals surface area contributed by atoms with Crippen molar-refractivity contribution in [1.82, 2.24) is 0 Å². The summed E-state index contributed by atoms with van der Waals surface area (Å²) >= 11 is 0. The molecule has 0 aromatic heterocycles. The fourth-order valence-corrected chi connectivity index (χ4v) is 7.57. The van der Waals surface area contributed by atoms with Crippen molar-refractivity contribution in [1.29, 1.82) is 0 Å². The van der Waals surface area contributed by atoms with Gasteiger partial charge in [-0.25, -0.2) is 0 Å². The number of carbonyl (C=O) groups excluding carboxylic acids is 1. The number of ketones is 1. The maximum Gasteiger partial charge on any atom is 0.139 e. The molecule has 1 N–H and O–H groups in total. The van der Waals surface area contributed by atoms with Crippen molar-refractivity contribution in [2.24, 2.45) is 34.0 Å². The van der Waals surface area contributed by atoms with Gasteiger partial charge in [0.25, 0.3) is 0 Å². The third-order valence-corrected chi connectivity index (χ3v) is 9.38. The van der Waals surface area contributed by atoms with Crippen molar-refractivity contribution in [2.45, 2.75) is 84.2 Å². The van der Waals surface area contributed by atoms with Crippen LogP contribution in [-0.2, 0) is 4.79 Å². The lowest BCUT2D eigenvalue weighted by atomic mass is 9.39. The van der Waals surface area contributed by atoms with E-state index in [1.54, 1.807) is 0 Å². The first-order chi connectivity index (χ1) is 11.2. The summed E-state index contributed by atoms with van der Waals surface area (Å²) < 4.78 is 0. The Morgan fingerprint density at radius 3 is 2.50 bits per heavy atom. The molecule has 0 radical (unpaired) electrons. The zero-order chi connectivity index (χ0) is 17.4. The van der Waals surface area contributed by atoms with E-state index in [1.807, 2.05) is 0 Å². The van der Waals surface area contributed by atoms with Gasteiger partial charge in [0.2, 0.25) is 0 Å². The minimum atomic E-state index is -0.909. The number of terminal acetylenes is 1. The van der Waals surface area contributed by atoms with Gasteiger partial charge >= 0.3 is 0 Å². The maximum absolute atomic E-state index is 12.5. The molecular formula is C22H32O2. The highest BCUT2D eigenvalue weighted by Gasteiger charge is 2.64. The summed E-state index contributed by atoms with van der Waals surface area (Å²) in [4.78, 5) is 12.5. The quantitative estimate of drug-likeness (QED) is 0.671. The van der Waals surface area contributed by atoms with Crippen molar-refractivity contribution in [3.8, 4) is 12.3 Å². The summed E-state index contributed by atoms with van der Waals surface area (Å²) in [6.45, 7) is 7.09. The van der Waals surface area contributed by atoms with E-state index in [0.29, 0.717) is 23.5 Å². The Labute approximate surface area is 146 Å². The molecule has 4 aliphatic carbocycles. The van der Waals surface area contributed by atoms with E-state index in [2.05, 4.69) is 26.7 Å². The van der Waals surface area contributed by atoms with Crippen LogP contribution in [0.4, 0.5) is 0 Å². The molecule has 24 heavy (non-hydrogen) atoms. The number of Topliss-reactive ketones (excluding diaryl/α,β-unsaturated/α-hetero) is 1. The molecule has 2 nitrogen and oxygen atoms in total. The summed E-state index contributed by atoms with van der Waals surface area (Å²) in [6, 6.07) is 0. The minimum absolute atomic E-state index is 0.0422. The van der Waals surface area contributed by atoms with Gasteiger partial charge in [0, 0.05) is 11.8 Å². The predicted molar refractivity (Wildman–Crippen MR) is 95.1 cm³/mol. The van der Waals surface area contributed by atoms with Crippen molar-refractivity contribution in [2.75, 3.05) is 0 Å². The van der Waals surface area contributed by atoms with Crippen LogP contribution in [0, 0.1) is 46.3 Å². The fraction of sp³-hybridized carbons (Fsp3) is 0.864. The smallest absolute Gasteiger partial charge is 0.139 e. The molecule has 4 rings (SSSR count). The van der Waals surface area contributed by atoms with Gasteiger partial charge < -0.3 is 5.11 Å². The molecule has 132 valence electrons. The lowest BCUT2D eigenvalue weighted by molar-refractivity contribution is -0.179. The van der Waals surface area contributed by atoms with Gasteiger partial charge in [-0.2, -0.15) is 0 Å². The SMILES string of the molecule is C#CC1(O)CCC2(C)C3CCC4(C)C(=O)CCC4C3CCC2(C)C1. The molecule has 7 unspecified atom stereocenters. The summed E-state index contributed by atoms with van der Waals surface area (Å²) in [5.74, 6) is 5.20. The molecule has 0 spiro atoms. The second-order valence-electron chi connectivity index (χ2n) is 10.2. The van der Waals surface area contributed by atoms with Crippen molar-refractivity contribution < 1.29 is 9.90 Å². The van der Waals surface area contributed by atoms with Gasteiger partial charge in [0.05, 0.1) is 0 Å². The van der Waals surface area contributed by atoms with Crippen LogP contribution in [-0.4, -0.2) is 16.5 Å². The topological polar surface area (TPSA) is 37.3 Å². The first-order valence-corrected chi connectivity index (χ1v) is 9.91. The molecule has 0 aromatic carbocycles. The number of rotatable bonds is 0. The zero-order valence-corrected chi connectivity index (χ0v) is 15.5. The molecule has 0 aliphatic heterocycles. The number of fused-ring (bicyclic) bond motifs is 5. The van der Waals surface area contributed by atoms with Crippen LogP contribution in [0.1, 0.15) is 78.6 Å². The first-order valence-electron chi connectivity index (χ1n) is 9.91. The Balaban J connectivity index is 1.68. The average Bonchev–Trinajstić information content (AvgIpc) is 2.84. The zero-order valence-electron chi connectivity index (χ0n) is 15.5. The highest BCUT2D eigenvalue weighted by Crippen LogP contribution is 2.70. The van der Waals surface area contributed by atoms with Gasteiger partial charge in [-0.3, -0.25) is 4.79 Å². The van der Waals surface area contributed by atoms with E-state index in [4.69, 9.17) is 6.42 Å². The van der Waals surface area contributed by atoms with Crippen molar-refractivity contribution in [3.05, 3.63) is 0 Å². The monoisotopic (exact) mass is 328 g/mol. The molecule has 7 atom stereocenters. The number of carbonyl (C=O) groups is 1. The Hall–Kier alpha value is -0.810. The molecule has 0 amide bonds. The van der Waals surface area contributed by atoms with E-state index in [1.165, 1.54) is 12.8 Å². The van der Waals surface area contributed by atoms with E-state index in [0.717, 1.165) is 44.9 Å². The Bertz CT molecular complexity index is 618. The van der Waals surface area contributed by atoms with Crippen LogP contribution >= 0.6 is 0 Å². The van der Waals surface area contributed by atoms with Gasteiger partial charge in [0.15, 0.2) is 0 Å². The van der Waals surface area contributed by atoms with Gasteiger partial charge in [-0.1, -0.05) is 26.7 Å². The minimum Gasteiger partial charge on any atom is -0.378 e. The molecular weight excluding hydrogens is 296 g/mol. The lowest BCUT2D eigenvalue weighted by Crippen LogP contribution is -2.60. The van der Waals surface area contributed by atoms with Crippen LogP contribution in [0.15, 0.2) is 0 Å². The van der Waals surface area contributed by atoms with Crippen molar-refractivity contribution >= 4 is 5.78 Å². The Kier molecular flexibility index (Phi) is 3.38. The Morgan fingerprint density at radius 2 is 1.79 bits per heavy atom. The fourth-order valence-electron chi connectivity index (χ4n) is 7.57. The summed E-state index contributed by atoms with van der Waals surface area (Å²) in [5, 5.41) is 10.7. The summed E-state index contributed by atoms with van der Waals surface area (Å²) in [6.07, 6.45) is 14.7. The third kappa shape index (κ3) is 1.91. The number of aliphatic hydroxyl groups is 1. The summed E-state index contributed by atoms with van der Waals surface area (Å²) in [5.41, 5.74) is -0.567. The first kappa shape index (κ1) is 16.6.